The smallest absolute Gasteiger partial charge is 0.251 e. The van der Waals surface area contributed by atoms with E-state index in [2.05, 4.69) is 10.6 Å². The van der Waals surface area contributed by atoms with Crippen molar-refractivity contribution < 1.29 is 9.59 Å². The largest absolute Gasteiger partial charge is 0.352 e. The van der Waals surface area contributed by atoms with Crippen LogP contribution in [0.15, 0.2) is 48.5 Å². The van der Waals surface area contributed by atoms with E-state index < -0.39 is 0 Å². The van der Waals surface area contributed by atoms with Crippen LogP contribution in [0.2, 0.25) is 0 Å². The van der Waals surface area contributed by atoms with E-state index in [0.29, 0.717) is 23.7 Å². The number of carbonyl (C=O) groups is 2. The van der Waals surface area contributed by atoms with Crippen LogP contribution >= 0.6 is 0 Å². The van der Waals surface area contributed by atoms with Gasteiger partial charge in [0.2, 0.25) is 5.91 Å². The fourth-order valence-electron chi connectivity index (χ4n) is 2.37. The summed E-state index contributed by atoms with van der Waals surface area (Å²) in [6, 6.07) is 13.2. The van der Waals surface area contributed by atoms with Crippen LogP contribution in [0.3, 0.4) is 0 Å². The second kappa shape index (κ2) is 8.99. The normalized spacial score (nSPS) is 11.0. The van der Waals surface area contributed by atoms with Gasteiger partial charge in [0, 0.05) is 23.9 Å². The van der Waals surface area contributed by atoms with E-state index in [1.807, 2.05) is 52.0 Å². The molecule has 26 heavy (non-hydrogen) atoms. The Morgan fingerprint density at radius 1 is 1.04 bits per heavy atom. The van der Waals surface area contributed by atoms with E-state index in [0.717, 1.165) is 11.1 Å². The van der Waals surface area contributed by atoms with E-state index in [9.17, 15) is 9.59 Å². The molecule has 0 aliphatic rings. The van der Waals surface area contributed by atoms with E-state index in [1.165, 1.54) is 11.6 Å². The van der Waals surface area contributed by atoms with Crippen molar-refractivity contribution in [3.8, 4) is 0 Å². The lowest BCUT2D eigenvalue weighted by Crippen LogP contribution is -2.27. The zero-order valence-corrected chi connectivity index (χ0v) is 15.8. The highest BCUT2D eigenvalue weighted by Crippen LogP contribution is 2.17. The van der Waals surface area contributed by atoms with Crippen molar-refractivity contribution >= 4 is 23.6 Å². The van der Waals surface area contributed by atoms with Gasteiger partial charge >= 0.3 is 0 Å². The molecule has 0 fully saturated rings. The van der Waals surface area contributed by atoms with Gasteiger partial charge < -0.3 is 10.6 Å². The number of hydrogen-bond acceptors (Lipinski definition) is 2. The minimum absolute atomic E-state index is 0.0982. The Morgan fingerprint density at radius 2 is 1.73 bits per heavy atom. The second-order valence-corrected chi connectivity index (χ2v) is 6.87. The first-order valence-electron chi connectivity index (χ1n) is 8.79. The molecular weight excluding hydrogens is 324 g/mol. The molecule has 0 unspecified atom stereocenters. The van der Waals surface area contributed by atoms with Crippen LogP contribution in [-0.2, 0) is 4.79 Å². The topological polar surface area (TPSA) is 58.2 Å². The van der Waals surface area contributed by atoms with E-state index >= 15 is 0 Å². The summed E-state index contributed by atoms with van der Waals surface area (Å²) in [6.07, 6.45) is 3.28. The van der Waals surface area contributed by atoms with Gasteiger partial charge in [-0.25, -0.2) is 0 Å². The van der Waals surface area contributed by atoms with Gasteiger partial charge in [0.1, 0.15) is 0 Å². The molecule has 0 bridgehead atoms. The monoisotopic (exact) mass is 350 g/mol. The maximum atomic E-state index is 12.1. The molecule has 2 rings (SSSR count). The fourth-order valence-corrected chi connectivity index (χ4v) is 2.37. The Hall–Kier alpha value is -2.88. The SMILES string of the molecule is Cc1ccc(/C=C/C(=O)Nc2ccc(C(=O)NCC(C)C)cc2C)cc1. The first kappa shape index (κ1) is 19.4. The van der Waals surface area contributed by atoms with Crippen LogP contribution in [0.25, 0.3) is 6.08 Å². The Bertz CT molecular complexity index is 805. The summed E-state index contributed by atoms with van der Waals surface area (Å²) < 4.78 is 0. The van der Waals surface area contributed by atoms with Crippen LogP contribution in [0.1, 0.15) is 40.9 Å². The third kappa shape index (κ3) is 5.88. The van der Waals surface area contributed by atoms with Gasteiger partial charge in [0.15, 0.2) is 0 Å². The highest BCUT2D eigenvalue weighted by atomic mass is 16.2. The molecule has 2 aromatic carbocycles. The predicted octanol–water partition coefficient (Wildman–Crippen LogP) is 4.34. The van der Waals surface area contributed by atoms with Crippen LogP contribution in [-0.4, -0.2) is 18.4 Å². The maximum absolute atomic E-state index is 12.1. The molecule has 4 nitrogen and oxygen atoms in total. The van der Waals surface area contributed by atoms with E-state index in [-0.39, 0.29) is 11.8 Å². The summed E-state index contributed by atoms with van der Waals surface area (Å²) in [5, 5.41) is 5.74. The lowest BCUT2D eigenvalue weighted by Gasteiger charge is -2.11. The fraction of sp³-hybridized carbons (Fsp3) is 0.273. The molecular formula is C22H26N2O2. The second-order valence-electron chi connectivity index (χ2n) is 6.87. The zero-order valence-electron chi connectivity index (χ0n) is 15.8. The van der Waals surface area contributed by atoms with Crippen molar-refractivity contribution in [2.24, 2.45) is 5.92 Å². The molecule has 2 aromatic rings. The summed E-state index contributed by atoms with van der Waals surface area (Å²) in [7, 11) is 0. The summed E-state index contributed by atoms with van der Waals surface area (Å²) in [5.74, 6) is 0.101. The van der Waals surface area contributed by atoms with Crippen molar-refractivity contribution in [2.75, 3.05) is 11.9 Å². The lowest BCUT2D eigenvalue weighted by atomic mass is 10.1. The van der Waals surface area contributed by atoms with Crippen LogP contribution in [0.4, 0.5) is 5.69 Å². The number of anilines is 1. The average molecular weight is 350 g/mol. The highest BCUT2D eigenvalue weighted by molar-refractivity contribution is 6.03. The number of hydrogen-bond donors (Lipinski definition) is 2. The maximum Gasteiger partial charge on any atom is 0.251 e. The Morgan fingerprint density at radius 3 is 2.35 bits per heavy atom. The molecule has 0 saturated heterocycles. The van der Waals surface area contributed by atoms with Gasteiger partial charge in [-0.15, -0.1) is 0 Å². The summed E-state index contributed by atoms with van der Waals surface area (Å²) in [5.41, 5.74) is 4.29. The minimum Gasteiger partial charge on any atom is -0.352 e. The van der Waals surface area contributed by atoms with Gasteiger partial charge in [-0.1, -0.05) is 43.7 Å². The van der Waals surface area contributed by atoms with Gasteiger partial charge in [-0.05, 0) is 55.2 Å². The average Bonchev–Trinajstić information content (AvgIpc) is 2.61. The summed E-state index contributed by atoms with van der Waals surface area (Å²) >= 11 is 0. The first-order valence-corrected chi connectivity index (χ1v) is 8.79. The summed E-state index contributed by atoms with van der Waals surface area (Å²) in [4.78, 5) is 24.2. The van der Waals surface area contributed by atoms with Crippen LogP contribution in [0.5, 0.6) is 0 Å². The molecule has 0 radical (unpaired) electrons. The van der Waals surface area contributed by atoms with E-state index in [1.54, 1.807) is 24.3 Å². The van der Waals surface area contributed by atoms with E-state index in [4.69, 9.17) is 0 Å². The van der Waals surface area contributed by atoms with Crippen molar-refractivity contribution in [3.05, 3.63) is 70.8 Å². The highest BCUT2D eigenvalue weighted by Gasteiger charge is 2.09. The number of aryl methyl sites for hydroxylation is 2. The molecule has 2 amide bonds. The van der Waals surface area contributed by atoms with Gasteiger partial charge in [-0.2, -0.15) is 0 Å². The molecule has 0 aliphatic heterocycles. The summed E-state index contributed by atoms with van der Waals surface area (Å²) in [6.45, 7) is 8.64. The number of nitrogens with one attached hydrogen (secondary N) is 2. The predicted molar refractivity (Wildman–Crippen MR) is 107 cm³/mol. The molecule has 2 N–H and O–H groups in total. The minimum atomic E-state index is -0.203. The van der Waals surface area contributed by atoms with Crippen molar-refractivity contribution in [1.82, 2.24) is 5.32 Å². The van der Waals surface area contributed by atoms with Crippen LogP contribution < -0.4 is 10.6 Å². The lowest BCUT2D eigenvalue weighted by molar-refractivity contribution is -0.111. The number of amides is 2. The Kier molecular flexibility index (Phi) is 6.73. The third-order valence-electron chi connectivity index (χ3n) is 3.92. The molecule has 0 atom stereocenters. The zero-order chi connectivity index (χ0) is 19.1. The van der Waals surface area contributed by atoms with Gasteiger partial charge in [0.25, 0.3) is 5.91 Å². The standard InChI is InChI=1S/C22H26N2O2/c1-15(2)14-23-22(26)19-10-11-20(17(4)13-19)24-21(25)12-9-18-7-5-16(3)6-8-18/h5-13,15H,14H2,1-4H3,(H,23,26)(H,24,25)/b12-9+. The van der Waals surface area contributed by atoms with Gasteiger partial charge in [0.05, 0.1) is 0 Å². The van der Waals surface area contributed by atoms with Crippen molar-refractivity contribution in [3.63, 3.8) is 0 Å². The Labute approximate surface area is 155 Å². The quantitative estimate of drug-likeness (QED) is 0.761. The third-order valence-corrected chi connectivity index (χ3v) is 3.92. The first-order chi connectivity index (χ1) is 12.3. The molecule has 0 aliphatic carbocycles. The van der Waals surface area contributed by atoms with Gasteiger partial charge in [-0.3, -0.25) is 9.59 Å². The number of carbonyl (C=O) groups excluding carboxylic acids is 2. The molecule has 0 saturated carbocycles. The van der Waals surface area contributed by atoms with Crippen molar-refractivity contribution in [2.45, 2.75) is 27.7 Å². The molecule has 0 spiro atoms. The molecule has 136 valence electrons. The molecule has 0 heterocycles. The number of benzene rings is 2. The number of rotatable bonds is 6. The Balaban J connectivity index is 1.99. The molecule has 4 heteroatoms. The van der Waals surface area contributed by atoms with Crippen LogP contribution in [0, 0.1) is 19.8 Å². The molecule has 0 aromatic heterocycles. The van der Waals surface area contributed by atoms with Crippen molar-refractivity contribution in [1.29, 1.82) is 0 Å².